The fourth-order valence-corrected chi connectivity index (χ4v) is 2.11. The number of aryl methyl sites for hydroxylation is 2. The highest BCUT2D eigenvalue weighted by Gasteiger charge is 2.48. The van der Waals surface area contributed by atoms with Crippen molar-refractivity contribution >= 4 is 11.8 Å². The van der Waals surface area contributed by atoms with Gasteiger partial charge in [0, 0.05) is 5.92 Å². The lowest BCUT2D eigenvalue weighted by Gasteiger charge is -2.10. The van der Waals surface area contributed by atoms with Crippen LogP contribution in [0.1, 0.15) is 27.9 Å². The van der Waals surface area contributed by atoms with Gasteiger partial charge in [0.05, 0.1) is 18.6 Å². The van der Waals surface area contributed by atoms with Crippen LogP contribution in [-0.2, 0) is 4.79 Å². The zero-order chi connectivity index (χ0) is 13.4. The van der Waals surface area contributed by atoms with E-state index >= 15 is 0 Å². The van der Waals surface area contributed by atoms with E-state index in [2.05, 4.69) is 0 Å². The van der Waals surface area contributed by atoms with Gasteiger partial charge >= 0.3 is 5.97 Å². The predicted octanol–water partition coefficient (Wildman–Crippen LogP) is 2.22. The van der Waals surface area contributed by atoms with E-state index in [1.165, 1.54) is 7.11 Å². The van der Waals surface area contributed by atoms with Crippen molar-refractivity contribution in [3.8, 4) is 5.75 Å². The summed E-state index contributed by atoms with van der Waals surface area (Å²) in [5.74, 6) is -1.40. The molecule has 96 valence electrons. The molecule has 4 heteroatoms. The zero-order valence-electron chi connectivity index (χ0n) is 10.7. The van der Waals surface area contributed by atoms with Crippen molar-refractivity contribution < 1.29 is 19.4 Å². The summed E-state index contributed by atoms with van der Waals surface area (Å²) in [6.07, 6.45) is 0.435. The SMILES string of the molecule is COc1cc(C)c(C)cc1C(=O)C1CC1C(=O)O. The number of aliphatic carboxylic acids is 1. The zero-order valence-corrected chi connectivity index (χ0v) is 10.7. The van der Waals surface area contributed by atoms with Gasteiger partial charge in [-0.05, 0) is 43.5 Å². The molecule has 1 aliphatic carbocycles. The second-order valence-corrected chi connectivity index (χ2v) is 4.79. The highest BCUT2D eigenvalue weighted by molar-refractivity contribution is 6.04. The Kier molecular flexibility index (Phi) is 3.11. The summed E-state index contributed by atoms with van der Waals surface area (Å²) in [6.45, 7) is 3.87. The minimum Gasteiger partial charge on any atom is -0.496 e. The molecule has 2 rings (SSSR count). The van der Waals surface area contributed by atoms with Gasteiger partial charge in [0.15, 0.2) is 5.78 Å². The van der Waals surface area contributed by atoms with E-state index in [-0.39, 0.29) is 5.78 Å². The summed E-state index contributed by atoms with van der Waals surface area (Å²) in [5.41, 5.74) is 2.55. The van der Waals surface area contributed by atoms with Gasteiger partial charge in [0.1, 0.15) is 5.75 Å². The normalized spacial score (nSPS) is 21.5. The van der Waals surface area contributed by atoms with E-state index in [0.29, 0.717) is 17.7 Å². The molecule has 18 heavy (non-hydrogen) atoms. The van der Waals surface area contributed by atoms with E-state index in [1.54, 1.807) is 6.07 Å². The molecule has 1 aromatic carbocycles. The van der Waals surface area contributed by atoms with E-state index in [9.17, 15) is 9.59 Å². The van der Waals surface area contributed by atoms with Crippen molar-refractivity contribution in [1.82, 2.24) is 0 Å². The van der Waals surface area contributed by atoms with Gasteiger partial charge in [-0.3, -0.25) is 9.59 Å². The Morgan fingerprint density at radius 2 is 1.83 bits per heavy atom. The Labute approximate surface area is 106 Å². The third-order valence-corrected chi connectivity index (χ3v) is 3.53. The third kappa shape index (κ3) is 2.10. The Morgan fingerprint density at radius 3 is 2.33 bits per heavy atom. The topological polar surface area (TPSA) is 63.6 Å². The summed E-state index contributed by atoms with van der Waals surface area (Å²) in [4.78, 5) is 23.0. The molecule has 0 aromatic heterocycles. The van der Waals surface area contributed by atoms with Crippen LogP contribution in [0.15, 0.2) is 12.1 Å². The minimum absolute atomic E-state index is 0.123. The lowest BCUT2D eigenvalue weighted by atomic mass is 9.99. The molecule has 1 aliphatic rings. The number of Topliss-reactive ketones (excluding diaryl/α,β-unsaturated/α-hetero) is 1. The highest BCUT2D eigenvalue weighted by Crippen LogP contribution is 2.42. The number of benzene rings is 1. The van der Waals surface area contributed by atoms with Crippen molar-refractivity contribution in [3.05, 3.63) is 28.8 Å². The molecule has 0 amide bonds. The molecule has 2 atom stereocenters. The lowest BCUT2D eigenvalue weighted by Crippen LogP contribution is -2.10. The first-order valence-electron chi connectivity index (χ1n) is 5.88. The maximum atomic E-state index is 12.2. The monoisotopic (exact) mass is 248 g/mol. The van der Waals surface area contributed by atoms with Crippen LogP contribution >= 0.6 is 0 Å². The lowest BCUT2D eigenvalue weighted by molar-refractivity contribution is -0.138. The molecule has 0 heterocycles. The Bertz CT molecular complexity index is 519. The first kappa shape index (κ1) is 12.6. The Hall–Kier alpha value is -1.84. The van der Waals surface area contributed by atoms with Crippen LogP contribution in [0.2, 0.25) is 0 Å². The van der Waals surface area contributed by atoms with Crippen molar-refractivity contribution in [1.29, 1.82) is 0 Å². The second-order valence-electron chi connectivity index (χ2n) is 4.79. The van der Waals surface area contributed by atoms with Crippen LogP contribution in [0.3, 0.4) is 0 Å². The number of methoxy groups -OCH3 is 1. The number of carbonyl (C=O) groups excluding carboxylic acids is 1. The molecular weight excluding hydrogens is 232 g/mol. The molecule has 1 fully saturated rings. The highest BCUT2D eigenvalue weighted by atomic mass is 16.5. The van der Waals surface area contributed by atoms with Crippen molar-refractivity contribution in [2.24, 2.45) is 11.8 Å². The molecule has 0 saturated heterocycles. The van der Waals surface area contributed by atoms with Gasteiger partial charge in [-0.2, -0.15) is 0 Å². The Balaban J connectivity index is 2.31. The number of hydrogen-bond donors (Lipinski definition) is 1. The number of carboxylic acids is 1. The van der Waals surface area contributed by atoms with Crippen LogP contribution in [0.5, 0.6) is 5.75 Å². The van der Waals surface area contributed by atoms with Crippen LogP contribution < -0.4 is 4.74 Å². The number of carbonyl (C=O) groups is 2. The fourth-order valence-electron chi connectivity index (χ4n) is 2.11. The first-order valence-corrected chi connectivity index (χ1v) is 5.88. The van der Waals surface area contributed by atoms with Gasteiger partial charge in [0.25, 0.3) is 0 Å². The molecular formula is C14H16O4. The smallest absolute Gasteiger partial charge is 0.307 e. The average molecular weight is 248 g/mol. The van der Waals surface area contributed by atoms with Gasteiger partial charge < -0.3 is 9.84 Å². The summed E-state index contributed by atoms with van der Waals surface area (Å²) >= 11 is 0. The van der Waals surface area contributed by atoms with Crippen molar-refractivity contribution in [2.75, 3.05) is 7.11 Å². The first-order chi connectivity index (χ1) is 8.45. The standard InChI is InChI=1S/C14H16O4/c1-7-4-11(12(18-3)5-8(7)2)13(15)9-6-10(9)14(16)17/h4-5,9-10H,6H2,1-3H3,(H,16,17). The second kappa shape index (κ2) is 4.44. The summed E-state index contributed by atoms with van der Waals surface area (Å²) in [6, 6.07) is 3.61. The Morgan fingerprint density at radius 1 is 1.22 bits per heavy atom. The van der Waals surface area contributed by atoms with E-state index in [1.807, 2.05) is 19.9 Å². The fraction of sp³-hybridized carbons (Fsp3) is 0.429. The number of rotatable bonds is 4. The van der Waals surface area contributed by atoms with Crippen LogP contribution in [0.4, 0.5) is 0 Å². The molecule has 2 unspecified atom stereocenters. The maximum absolute atomic E-state index is 12.2. The molecule has 4 nitrogen and oxygen atoms in total. The molecule has 0 radical (unpaired) electrons. The van der Waals surface area contributed by atoms with Crippen LogP contribution in [-0.4, -0.2) is 24.0 Å². The number of ether oxygens (including phenoxy) is 1. The van der Waals surface area contributed by atoms with E-state index < -0.39 is 17.8 Å². The van der Waals surface area contributed by atoms with Gasteiger partial charge in [-0.25, -0.2) is 0 Å². The number of ketones is 1. The summed E-state index contributed by atoms with van der Waals surface area (Å²) in [7, 11) is 1.52. The van der Waals surface area contributed by atoms with Gasteiger partial charge in [-0.1, -0.05) is 0 Å². The van der Waals surface area contributed by atoms with Crippen molar-refractivity contribution in [3.63, 3.8) is 0 Å². The van der Waals surface area contributed by atoms with Gasteiger partial charge in [-0.15, -0.1) is 0 Å². The van der Waals surface area contributed by atoms with Crippen LogP contribution in [0, 0.1) is 25.7 Å². The van der Waals surface area contributed by atoms with Gasteiger partial charge in [0.2, 0.25) is 0 Å². The number of hydrogen-bond acceptors (Lipinski definition) is 3. The molecule has 0 aliphatic heterocycles. The quantitative estimate of drug-likeness (QED) is 0.830. The predicted molar refractivity (Wildman–Crippen MR) is 66.0 cm³/mol. The molecule has 1 N–H and O–H groups in total. The largest absolute Gasteiger partial charge is 0.496 e. The van der Waals surface area contributed by atoms with E-state index in [4.69, 9.17) is 9.84 Å². The summed E-state index contributed by atoms with van der Waals surface area (Å²) < 4.78 is 5.21. The van der Waals surface area contributed by atoms with E-state index in [0.717, 1.165) is 11.1 Å². The molecule has 0 bridgehead atoms. The van der Waals surface area contributed by atoms with Crippen molar-refractivity contribution in [2.45, 2.75) is 20.3 Å². The minimum atomic E-state index is -0.892. The van der Waals surface area contributed by atoms with Crippen LogP contribution in [0.25, 0.3) is 0 Å². The number of carboxylic acid groups (broad SMARTS) is 1. The average Bonchev–Trinajstić information content (AvgIpc) is 3.11. The molecule has 1 saturated carbocycles. The summed E-state index contributed by atoms with van der Waals surface area (Å²) in [5, 5.41) is 8.86. The third-order valence-electron chi connectivity index (χ3n) is 3.53. The molecule has 0 spiro atoms. The maximum Gasteiger partial charge on any atom is 0.307 e. The molecule has 1 aromatic rings.